The molecular formula is C16H21F2N. The van der Waals surface area contributed by atoms with E-state index in [1.807, 2.05) is 6.92 Å². The fraction of sp³-hybridized carbons (Fsp3) is 0.500. The summed E-state index contributed by atoms with van der Waals surface area (Å²) in [6, 6.07) is 3.50. The number of allylic oxidation sites excluding steroid dienone is 1. The Balaban J connectivity index is 2.32. The van der Waals surface area contributed by atoms with E-state index in [9.17, 15) is 8.78 Å². The number of likely N-dealkylation sites (N-methyl/N-ethyl adjacent to an activating group) is 1. The summed E-state index contributed by atoms with van der Waals surface area (Å²) in [5.41, 5.74) is 1.62. The lowest BCUT2D eigenvalue weighted by Gasteiger charge is -2.22. The lowest BCUT2D eigenvalue weighted by atomic mass is 9.94. The van der Waals surface area contributed by atoms with Gasteiger partial charge in [0.1, 0.15) is 11.6 Å². The highest BCUT2D eigenvalue weighted by atomic mass is 19.1. The van der Waals surface area contributed by atoms with Crippen LogP contribution in [0.3, 0.4) is 0 Å². The van der Waals surface area contributed by atoms with Crippen molar-refractivity contribution in [2.75, 3.05) is 6.54 Å². The second-order valence-corrected chi connectivity index (χ2v) is 5.03. The first-order valence-corrected chi connectivity index (χ1v) is 7.09. The Morgan fingerprint density at radius 3 is 2.84 bits per heavy atom. The molecule has 1 N–H and O–H groups in total. The van der Waals surface area contributed by atoms with Crippen molar-refractivity contribution in [1.29, 1.82) is 0 Å². The Morgan fingerprint density at radius 2 is 2.05 bits per heavy atom. The molecule has 0 spiro atoms. The zero-order valence-corrected chi connectivity index (χ0v) is 11.4. The lowest BCUT2D eigenvalue weighted by Crippen LogP contribution is -2.24. The highest BCUT2D eigenvalue weighted by Crippen LogP contribution is 2.31. The molecule has 1 aromatic rings. The minimum Gasteiger partial charge on any atom is -0.307 e. The van der Waals surface area contributed by atoms with E-state index in [2.05, 4.69) is 11.4 Å². The molecule has 0 bridgehead atoms. The maximum Gasteiger partial charge on any atom is 0.128 e. The second kappa shape index (κ2) is 6.80. The van der Waals surface area contributed by atoms with Gasteiger partial charge in [-0.3, -0.25) is 0 Å². The first-order chi connectivity index (χ1) is 9.22. The Morgan fingerprint density at radius 1 is 1.21 bits per heavy atom. The average Bonchev–Trinajstić information content (AvgIpc) is 2.68. The van der Waals surface area contributed by atoms with Crippen molar-refractivity contribution in [1.82, 2.24) is 5.32 Å². The van der Waals surface area contributed by atoms with Crippen molar-refractivity contribution in [3.05, 3.63) is 47.0 Å². The van der Waals surface area contributed by atoms with Gasteiger partial charge in [0.05, 0.1) is 6.04 Å². The van der Waals surface area contributed by atoms with Crippen LogP contribution in [0.5, 0.6) is 0 Å². The molecule has 1 aliphatic carbocycles. The number of nitrogens with one attached hydrogen (secondary N) is 1. The largest absolute Gasteiger partial charge is 0.307 e. The van der Waals surface area contributed by atoms with E-state index in [1.165, 1.54) is 36.6 Å². The molecule has 1 atom stereocenters. The van der Waals surface area contributed by atoms with Gasteiger partial charge in [0, 0.05) is 5.56 Å². The van der Waals surface area contributed by atoms with Crippen LogP contribution in [0, 0.1) is 11.6 Å². The molecular weight excluding hydrogens is 244 g/mol. The first-order valence-electron chi connectivity index (χ1n) is 7.09. The van der Waals surface area contributed by atoms with Gasteiger partial charge >= 0.3 is 0 Å². The summed E-state index contributed by atoms with van der Waals surface area (Å²) in [6.07, 6.45) is 7.73. The van der Waals surface area contributed by atoms with Crippen LogP contribution in [-0.4, -0.2) is 6.54 Å². The molecule has 1 nitrogen and oxygen atoms in total. The Labute approximate surface area is 113 Å². The molecule has 1 aliphatic rings. The molecule has 0 aromatic heterocycles. The molecule has 1 unspecified atom stereocenters. The van der Waals surface area contributed by atoms with Crippen LogP contribution in [0.4, 0.5) is 8.78 Å². The SMILES string of the molecule is CCNC(C1=CCCCCC1)c1cc(F)ccc1F. The molecule has 0 radical (unpaired) electrons. The van der Waals surface area contributed by atoms with Gasteiger partial charge in [0.25, 0.3) is 0 Å². The fourth-order valence-electron chi connectivity index (χ4n) is 2.68. The van der Waals surface area contributed by atoms with Gasteiger partial charge in [-0.1, -0.05) is 25.0 Å². The van der Waals surface area contributed by atoms with Crippen molar-refractivity contribution in [3.8, 4) is 0 Å². The topological polar surface area (TPSA) is 12.0 Å². The molecule has 3 heteroatoms. The number of hydrogen-bond donors (Lipinski definition) is 1. The van der Waals surface area contributed by atoms with Crippen LogP contribution in [0.1, 0.15) is 50.6 Å². The second-order valence-electron chi connectivity index (χ2n) is 5.03. The van der Waals surface area contributed by atoms with Crippen molar-refractivity contribution in [2.45, 2.75) is 45.1 Å². The average molecular weight is 265 g/mol. The Bertz CT molecular complexity index is 454. The third-order valence-corrected chi connectivity index (χ3v) is 3.62. The molecule has 0 fully saturated rings. The van der Waals surface area contributed by atoms with Crippen LogP contribution in [-0.2, 0) is 0 Å². The molecule has 19 heavy (non-hydrogen) atoms. The van der Waals surface area contributed by atoms with Gasteiger partial charge in [-0.25, -0.2) is 8.78 Å². The predicted octanol–water partition coefficient (Wildman–Crippen LogP) is 4.51. The third-order valence-electron chi connectivity index (χ3n) is 3.62. The fourth-order valence-corrected chi connectivity index (χ4v) is 2.68. The highest BCUT2D eigenvalue weighted by molar-refractivity contribution is 5.30. The molecule has 1 aromatic carbocycles. The van der Waals surface area contributed by atoms with E-state index in [1.54, 1.807) is 0 Å². The number of hydrogen-bond acceptors (Lipinski definition) is 1. The zero-order valence-electron chi connectivity index (χ0n) is 11.4. The molecule has 0 saturated carbocycles. The van der Waals surface area contributed by atoms with Crippen LogP contribution < -0.4 is 5.32 Å². The summed E-state index contributed by atoms with van der Waals surface area (Å²) in [4.78, 5) is 0. The molecule has 0 saturated heterocycles. The van der Waals surface area contributed by atoms with Gasteiger partial charge < -0.3 is 5.32 Å². The van der Waals surface area contributed by atoms with Gasteiger partial charge in [-0.05, 0) is 50.4 Å². The van der Waals surface area contributed by atoms with E-state index in [4.69, 9.17) is 0 Å². The summed E-state index contributed by atoms with van der Waals surface area (Å²) in [6.45, 7) is 2.72. The molecule has 0 amide bonds. The van der Waals surface area contributed by atoms with Crippen molar-refractivity contribution >= 4 is 0 Å². The number of halogens is 2. The van der Waals surface area contributed by atoms with Gasteiger partial charge in [-0.2, -0.15) is 0 Å². The lowest BCUT2D eigenvalue weighted by molar-refractivity contribution is 0.530. The molecule has 0 aliphatic heterocycles. The highest BCUT2D eigenvalue weighted by Gasteiger charge is 2.20. The monoisotopic (exact) mass is 265 g/mol. The summed E-state index contributed by atoms with van der Waals surface area (Å²) in [5.74, 6) is -0.717. The summed E-state index contributed by atoms with van der Waals surface area (Å²) in [7, 11) is 0. The quantitative estimate of drug-likeness (QED) is 0.790. The number of benzene rings is 1. The van der Waals surface area contributed by atoms with Gasteiger partial charge in [0.2, 0.25) is 0 Å². The standard InChI is InChI=1S/C16H21F2N/c1-2-19-16(12-7-5-3-4-6-8-12)14-11-13(17)9-10-15(14)18/h7,9-11,16,19H,2-6,8H2,1H3. The minimum atomic E-state index is -0.381. The van der Waals surface area contributed by atoms with Gasteiger partial charge in [-0.15, -0.1) is 0 Å². The van der Waals surface area contributed by atoms with E-state index >= 15 is 0 Å². The first kappa shape index (κ1) is 14.2. The van der Waals surface area contributed by atoms with E-state index < -0.39 is 0 Å². The van der Waals surface area contributed by atoms with Crippen LogP contribution in [0.2, 0.25) is 0 Å². The van der Waals surface area contributed by atoms with E-state index in [0.717, 1.165) is 25.8 Å². The van der Waals surface area contributed by atoms with Crippen LogP contribution in [0.25, 0.3) is 0 Å². The van der Waals surface area contributed by atoms with Crippen molar-refractivity contribution < 1.29 is 8.78 Å². The summed E-state index contributed by atoms with van der Waals surface area (Å²) >= 11 is 0. The smallest absolute Gasteiger partial charge is 0.128 e. The van der Waals surface area contributed by atoms with Crippen molar-refractivity contribution in [2.24, 2.45) is 0 Å². The Kier molecular flexibility index (Phi) is 5.08. The zero-order chi connectivity index (χ0) is 13.7. The number of rotatable bonds is 4. The normalized spacial score (nSPS) is 17.7. The van der Waals surface area contributed by atoms with E-state index in [-0.39, 0.29) is 17.7 Å². The molecule has 104 valence electrons. The molecule has 0 heterocycles. The van der Waals surface area contributed by atoms with E-state index in [0.29, 0.717) is 5.56 Å². The third kappa shape index (κ3) is 3.63. The molecule has 2 rings (SSSR count). The van der Waals surface area contributed by atoms with Gasteiger partial charge in [0.15, 0.2) is 0 Å². The van der Waals surface area contributed by atoms with Crippen LogP contribution >= 0.6 is 0 Å². The summed E-state index contributed by atoms with van der Waals surface area (Å²) in [5, 5.41) is 3.29. The predicted molar refractivity (Wildman–Crippen MR) is 73.9 cm³/mol. The summed E-state index contributed by atoms with van der Waals surface area (Å²) < 4.78 is 27.3. The maximum atomic E-state index is 14.0. The van der Waals surface area contributed by atoms with Crippen LogP contribution in [0.15, 0.2) is 29.8 Å². The maximum absolute atomic E-state index is 14.0. The van der Waals surface area contributed by atoms with Crippen molar-refractivity contribution in [3.63, 3.8) is 0 Å². The minimum absolute atomic E-state index is 0.196. The Hall–Kier alpha value is -1.22.